The smallest absolute Gasteiger partial charge is 0.262 e. The van der Waals surface area contributed by atoms with Gasteiger partial charge in [-0.15, -0.1) is 0 Å². The van der Waals surface area contributed by atoms with Gasteiger partial charge in [0.05, 0.1) is 0 Å². The summed E-state index contributed by atoms with van der Waals surface area (Å²) in [6, 6.07) is 20.2. The van der Waals surface area contributed by atoms with E-state index in [-0.39, 0.29) is 18.1 Å². The zero-order chi connectivity index (χ0) is 21.1. The Morgan fingerprint density at radius 1 is 1.07 bits per heavy atom. The van der Waals surface area contributed by atoms with Crippen molar-refractivity contribution in [3.8, 4) is 17.1 Å². The van der Waals surface area contributed by atoms with Crippen LogP contribution in [0.25, 0.3) is 22.2 Å². The fourth-order valence-corrected chi connectivity index (χ4v) is 3.47. The number of aromatic nitrogens is 2. The molecule has 0 saturated heterocycles. The molecule has 0 radical (unpaired) electrons. The van der Waals surface area contributed by atoms with Crippen LogP contribution in [0.5, 0.6) is 5.75 Å². The zero-order valence-corrected chi connectivity index (χ0v) is 17.7. The standard InChI is InChI=1S/C23H18BrN3O3/c1-14-9-21(28)27-23(25-14)17-3-2-4-19(11-17)26-22(29)13-30-20-8-6-15-10-18(24)7-5-16(15)12-20/h2-12H,13H2,1H3,(H,26,29)(H,25,27,28). The van der Waals surface area contributed by atoms with E-state index in [1.54, 1.807) is 25.1 Å². The second kappa shape index (κ2) is 8.51. The van der Waals surface area contributed by atoms with Gasteiger partial charge in [-0.25, -0.2) is 4.98 Å². The average Bonchev–Trinajstić information content (AvgIpc) is 2.72. The molecule has 0 fully saturated rings. The van der Waals surface area contributed by atoms with Crippen molar-refractivity contribution in [3.63, 3.8) is 0 Å². The van der Waals surface area contributed by atoms with Crippen LogP contribution >= 0.6 is 15.9 Å². The number of hydrogen-bond donors (Lipinski definition) is 2. The quantitative estimate of drug-likeness (QED) is 0.450. The molecular formula is C23H18BrN3O3. The van der Waals surface area contributed by atoms with Gasteiger partial charge >= 0.3 is 0 Å². The molecule has 1 heterocycles. The number of aryl methyl sites for hydroxylation is 1. The lowest BCUT2D eigenvalue weighted by Gasteiger charge is -2.10. The first-order valence-corrected chi connectivity index (χ1v) is 10.1. The van der Waals surface area contributed by atoms with Gasteiger partial charge in [0.1, 0.15) is 11.6 Å². The van der Waals surface area contributed by atoms with Crippen molar-refractivity contribution >= 4 is 38.3 Å². The van der Waals surface area contributed by atoms with Crippen molar-refractivity contribution in [1.82, 2.24) is 9.97 Å². The van der Waals surface area contributed by atoms with Crippen molar-refractivity contribution in [2.45, 2.75) is 6.92 Å². The molecule has 0 aliphatic carbocycles. The highest BCUT2D eigenvalue weighted by Gasteiger charge is 2.08. The molecule has 6 nitrogen and oxygen atoms in total. The minimum atomic E-state index is -0.284. The summed E-state index contributed by atoms with van der Waals surface area (Å²) in [5.74, 6) is 0.791. The first kappa shape index (κ1) is 19.8. The SMILES string of the molecule is Cc1cc(=O)[nH]c(-c2cccc(NC(=O)COc3ccc4cc(Br)ccc4c3)c2)n1. The number of carbonyl (C=O) groups excluding carboxylic acids is 1. The van der Waals surface area contributed by atoms with E-state index in [9.17, 15) is 9.59 Å². The van der Waals surface area contributed by atoms with Crippen LogP contribution in [0.15, 0.2) is 76.0 Å². The van der Waals surface area contributed by atoms with Gasteiger partial charge in [-0.1, -0.05) is 40.2 Å². The van der Waals surface area contributed by atoms with Gasteiger partial charge in [-0.2, -0.15) is 0 Å². The van der Waals surface area contributed by atoms with E-state index in [0.717, 1.165) is 15.2 Å². The highest BCUT2D eigenvalue weighted by atomic mass is 79.9. The zero-order valence-electron chi connectivity index (χ0n) is 16.1. The van der Waals surface area contributed by atoms with Gasteiger partial charge in [0.15, 0.2) is 6.61 Å². The lowest BCUT2D eigenvalue weighted by Crippen LogP contribution is -2.20. The molecule has 0 bridgehead atoms. The molecule has 0 aliphatic heterocycles. The van der Waals surface area contributed by atoms with Crippen molar-refractivity contribution in [2.24, 2.45) is 0 Å². The highest BCUT2D eigenvalue weighted by molar-refractivity contribution is 9.10. The number of nitrogens with one attached hydrogen (secondary N) is 2. The van der Waals surface area contributed by atoms with E-state index >= 15 is 0 Å². The van der Waals surface area contributed by atoms with Gasteiger partial charge in [0, 0.05) is 27.5 Å². The Bertz CT molecular complexity index is 1300. The van der Waals surface area contributed by atoms with Crippen LogP contribution in [0.4, 0.5) is 5.69 Å². The van der Waals surface area contributed by atoms with Crippen molar-refractivity contribution in [2.75, 3.05) is 11.9 Å². The first-order valence-electron chi connectivity index (χ1n) is 9.27. The van der Waals surface area contributed by atoms with E-state index in [4.69, 9.17) is 4.74 Å². The number of nitrogens with zero attached hydrogens (tertiary/aromatic N) is 1. The van der Waals surface area contributed by atoms with Crippen LogP contribution in [-0.4, -0.2) is 22.5 Å². The van der Waals surface area contributed by atoms with Crippen molar-refractivity contribution in [3.05, 3.63) is 87.3 Å². The third kappa shape index (κ3) is 4.75. The van der Waals surface area contributed by atoms with E-state index in [1.807, 2.05) is 42.5 Å². The summed E-state index contributed by atoms with van der Waals surface area (Å²) in [7, 11) is 0. The normalized spacial score (nSPS) is 10.7. The molecule has 0 unspecified atom stereocenters. The Hall–Kier alpha value is -3.45. The fraction of sp³-hybridized carbons (Fsp3) is 0.0870. The molecule has 2 N–H and O–H groups in total. The number of ether oxygens (including phenoxy) is 1. The van der Waals surface area contributed by atoms with Gasteiger partial charge in [0.25, 0.3) is 11.5 Å². The van der Waals surface area contributed by atoms with Crippen LogP contribution in [0.3, 0.4) is 0 Å². The maximum Gasteiger partial charge on any atom is 0.262 e. The number of rotatable bonds is 5. The van der Waals surface area contributed by atoms with Gasteiger partial charge in [-0.3, -0.25) is 9.59 Å². The maximum absolute atomic E-state index is 12.3. The summed E-state index contributed by atoms with van der Waals surface area (Å²) < 4.78 is 6.65. The Morgan fingerprint density at radius 3 is 2.70 bits per heavy atom. The van der Waals surface area contributed by atoms with Crippen LogP contribution in [0, 0.1) is 6.92 Å². The topological polar surface area (TPSA) is 84.1 Å². The van der Waals surface area contributed by atoms with Crippen LogP contribution in [-0.2, 0) is 4.79 Å². The minimum Gasteiger partial charge on any atom is -0.484 e. The predicted molar refractivity (Wildman–Crippen MR) is 121 cm³/mol. The first-order chi connectivity index (χ1) is 14.5. The molecule has 3 aromatic carbocycles. The monoisotopic (exact) mass is 463 g/mol. The van der Waals surface area contributed by atoms with Gasteiger partial charge in [0.2, 0.25) is 0 Å². The van der Waals surface area contributed by atoms with Crippen molar-refractivity contribution in [1.29, 1.82) is 0 Å². The fourth-order valence-electron chi connectivity index (χ4n) is 3.09. The third-order valence-corrected chi connectivity index (χ3v) is 4.93. The number of amides is 1. The Morgan fingerprint density at radius 2 is 1.87 bits per heavy atom. The number of halogens is 1. The number of benzene rings is 3. The van der Waals surface area contributed by atoms with Crippen LogP contribution in [0.1, 0.15) is 5.69 Å². The molecule has 7 heteroatoms. The number of aromatic amines is 1. The maximum atomic E-state index is 12.3. The molecule has 4 aromatic rings. The Labute approximate surface area is 181 Å². The summed E-state index contributed by atoms with van der Waals surface area (Å²) in [5, 5.41) is 4.92. The lowest BCUT2D eigenvalue weighted by atomic mass is 10.1. The molecule has 1 aromatic heterocycles. The van der Waals surface area contributed by atoms with Gasteiger partial charge < -0.3 is 15.0 Å². The van der Waals surface area contributed by atoms with E-state index in [0.29, 0.717) is 28.5 Å². The number of anilines is 1. The molecule has 0 spiro atoms. The van der Waals surface area contributed by atoms with E-state index in [2.05, 4.69) is 31.2 Å². The molecular weight excluding hydrogens is 446 g/mol. The van der Waals surface area contributed by atoms with E-state index < -0.39 is 0 Å². The predicted octanol–water partition coefficient (Wildman–Crippen LogP) is 4.68. The average molecular weight is 464 g/mol. The Balaban J connectivity index is 1.43. The molecule has 0 saturated carbocycles. The Kier molecular flexibility index (Phi) is 5.63. The molecule has 0 atom stereocenters. The highest BCUT2D eigenvalue weighted by Crippen LogP contribution is 2.24. The summed E-state index contributed by atoms with van der Waals surface area (Å²) in [5.41, 5.74) is 1.70. The number of hydrogen-bond acceptors (Lipinski definition) is 4. The summed E-state index contributed by atoms with van der Waals surface area (Å²) in [4.78, 5) is 31.1. The molecule has 0 aliphatic rings. The molecule has 150 valence electrons. The second-order valence-electron chi connectivity index (χ2n) is 6.81. The van der Waals surface area contributed by atoms with E-state index in [1.165, 1.54) is 6.07 Å². The largest absolute Gasteiger partial charge is 0.484 e. The third-order valence-electron chi connectivity index (χ3n) is 4.43. The van der Waals surface area contributed by atoms with Gasteiger partial charge in [-0.05, 0) is 54.1 Å². The second-order valence-corrected chi connectivity index (χ2v) is 7.72. The molecule has 4 rings (SSSR count). The molecule has 1 amide bonds. The van der Waals surface area contributed by atoms with Crippen LogP contribution < -0.4 is 15.6 Å². The minimum absolute atomic E-state index is 0.119. The summed E-state index contributed by atoms with van der Waals surface area (Å²) >= 11 is 3.45. The molecule has 30 heavy (non-hydrogen) atoms. The summed E-state index contributed by atoms with van der Waals surface area (Å²) in [6.45, 7) is 1.64. The number of carbonyl (C=O) groups is 1. The number of fused-ring (bicyclic) bond motifs is 1. The summed E-state index contributed by atoms with van der Waals surface area (Å²) in [6.07, 6.45) is 0. The number of H-pyrrole nitrogens is 1. The van der Waals surface area contributed by atoms with Crippen molar-refractivity contribution < 1.29 is 9.53 Å². The van der Waals surface area contributed by atoms with Crippen LogP contribution in [0.2, 0.25) is 0 Å². The lowest BCUT2D eigenvalue weighted by molar-refractivity contribution is -0.118.